The van der Waals surface area contributed by atoms with Gasteiger partial charge in [-0.25, -0.2) is 0 Å². The summed E-state index contributed by atoms with van der Waals surface area (Å²) >= 11 is 13.5. The smallest absolute Gasteiger partial charge is 0.246 e. The SMILES string of the molecule is Clc1ccc2c(c1)N(c1cccc(N3c4ccccc4B(c4ccccc4)c4ccc(Cl)cc43)c1)c1ccccc1B2c1ccccc1. The lowest BCUT2D eigenvalue weighted by atomic mass is 9.35. The third kappa shape index (κ3) is 4.75. The maximum atomic E-state index is 6.75. The zero-order valence-corrected chi connectivity index (χ0v) is 27.5. The van der Waals surface area contributed by atoms with E-state index in [1.54, 1.807) is 0 Å². The largest absolute Gasteiger partial charge is 0.311 e. The number of rotatable bonds is 4. The first-order valence-corrected chi connectivity index (χ1v) is 17.0. The molecule has 0 saturated carbocycles. The molecule has 0 fully saturated rings. The summed E-state index contributed by atoms with van der Waals surface area (Å²) in [6.45, 7) is 0.180. The molecular formula is C42H28B2Cl2N2. The number of halogens is 2. The fourth-order valence-corrected chi connectivity index (χ4v) is 8.04. The zero-order chi connectivity index (χ0) is 32.2. The number of hydrogen-bond acceptors (Lipinski definition) is 2. The van der Waals surface area contributed by atoms with Crippen molar-refractivity contribution < 1.29 is 0 Å². The minimum atomic E-state index is 0.0898. The first-order chi connectivity index (χ1) is 23.7. The quantitative estimate of drug-likeness (QED) is 0.181. The van der Waals surface area contributed by atoms with Crippen molar-refractivity contribution in [1.82, 2.24) is 0 Å². The lowest BCUT2D eigenvalue weighted by Gasteiger charge is -2.39. The number of hydrogen-bond donors (Lipinski definition) is 0. The predicted octanol–water partition coefficient (Wildman–Crippen LogP) is 7.59. The molecule has 0 bridgehead atoms. The van der Waals surface area contributed by atoms with E-state index in [9.17, 15) is 0 Å². The van der Waals surface area contributed by atoms with Gasteiger partial charge in [-0.05, 0) is 76.4 Å². The molecule has 0 N–H and O–H groups in total. The first-order valence-electron chi connectivity index (χ1n) is 16.2. The third-order valence-electron chi connectivity index (χ3n) is 9.68. The van der Waals surface area contributed by atoms with Crippen molar-refractivity contribution in [2.75, 3.05) is 9.80 Å². The van der Waals surface area contributed by atoms with Crippen molar-refractivity contribution in [2.24, 2.45) is 0 Å². The van der Waals surface area contributed by atoms with Gasteiger partial charge >= 0.3 is 0 Å². The van der Waals surface area contributed by atoms with Crippen LogP contribution in [0.2, 0.25) is 10.0 Å². The van der Waals surface area contributed by atoms with Gasteiger partial charge in [0.1, 0.15) is 0 Å². The molecule has 0 aliphatic carbocycles. The van der Waals surface area contributed by atoms with Crippen molar-refractivity contribution in [3.8, 4) is 0 Å². The lowest BCUT2D eigenvalue weighted by Crippen LogP contribution is -2.57. The second-order valence-electron chi connectivity index (χ2n) is 12.4. The number of fused-ring (bicyclic) bond motifs is 4. The minimum Gasteiger partial charge on any atom is -0.311 e. The maximum Gasteiger partial charge on any atom is 0.246 e. The lowest BCUT2D eigenvalue weighted by molar-refractivity contribution is 1.26. The molecular weight excluding hydrogens is 625 g/mol. The Morgan fingerprint density at radius 1 is 0.333 bits per heavy atom. The van der Waals surface area contributed by atoms with Gasteiger partial charge in [0.2, 0.25) is 13.4 Å². The van der Waals surface area contributed by atoms with E-state index < -0.39 is 0 Å². The highest BCUT2D eigenvalue weighted by atomic mass is 35.5. The molecule has 0 atom stereocenters. The van der Waals surface area contributed by atoms with Crippen LogP contribution in [-0.4, -0.2) is 13.4 Å². The minimum absolute atomic E-state index is 0.0898. The maximum absolute atomic E-state index is 6.75. The topological polar surface area (TPSA) is 6.48 Å². The highest BCUT2D eigenvalue weighted by Gasteiger charge is 2.37. The molecule has 9 rings (SSSR count). The summed E-state index contributed by atoms with van der Waals surface area (Å²) in [4.78, 5) is 4.72. The Labute approximate surface area is 292 Å². The molecule has 0 spiro atoms. The molecule has 0 radical (unpaired) electrons. The first kappa shape index (κ1) is 29.0. The molecule has 226 valence electrons. The summed E-state index contributed by atoms with van der Waals surface area (Å²) in [5, 5.41) is 1.42. The molecule has 0 aromatic heterocycles. The Kier molecular flexibility index (Phi) is 7.15. The van der Waals surface area contributed by atoms with Crippen molar-refractivity contribution in [3.05, 3.63) is 180 Å². The highest BCUT2D eigenvalue weighted by Crippen LogP contribution is 2.42. The zero-order valence-electron chi connectivity index (χ0n) is 26.0. The van der Waals surface area contributed by atoms with Crippen LogP contribution in [0.1, 0.15) is 0 Å². The Balaban J connectivity index is 1.24. The van der Waals surface area contributed by atoms with E-state index in [0.29, 0.717) is 10.0 Å². The molecule has 2 heterocycles. The summed E-state index contributed by atoms with van der Waals surface area (Å²) < 4.78 is 0. The van der Waals surface area contributed by atoms with E-state index in [4.69, 9.17) is 23.2 Å². The molecule has 2 nitrogen and oxygen atoms in total. The van der Waals surface area contributed by atoms with Crippen LogP contribution >= 0.6 is 23.2 Å². The van der Waals surface area contributed by atoms with Gasteiger partial charge in [-0.15, -0.1) is 0 Å². The van der Waals surface area contributed by atoms with Crippen LogP contribution in [0.25, 0.3) is 0 Å². The van der Waals surface area contributed by atoms with E-state index in [1.165, 1.54) is 32.8 Å². The fourth-order valence-electron chi connectivity index (χ4n) is 7.71. The average molecular weight is 653 g/mol. The van der Waals surface area contributed by atoms with Gasteiger partial charge < -0.3 is 9.80 Å². The van der Waals surface area contributed by atoms with Gasteiger partial charge in [0.25, 0.3) is 0 Å². The van der Waals surface area contributed by atoms with E-state index >= 15 is 0 Å². The van der Waals surface area contributed by atoms with Gasteiger partial charge in [-0.3, -0.25) is 0 Å². The molecule has 2 aliphatic heterocycles. The Morgan fingerprint density at radius 2 is 0.729 bits per heavy atom. The average Bonchev–Trinajstić information content (AvgIpc) is 3.13. The Bertz CT molecular complexity index is 2150. The molecule has 0 amide bonds. The number of nitrogens with zero attached hydrogens (tertiary/aromatic N) is 2. The van der Waals surface area contributed by atoms with Crippen molar-refractivity contribution >= 4 is 104 Å². The predicted molar refractivity (Wildman–Crippen MR) is 208 cm³/mol. The second-order valence-corrected chi connectivity index (χ2v) is 13.3. The van der Waals surface area contributed by atoms with Gasteiger partial charge in [-0.1, -0.05) is 149 Å². The van der Waals surface area contributed by atoms with E-state index in [0.717, 1.165) is 34.1 Å². The summed E-state index contributed by atoms with van der Waals surface area (Å²) in [5.74, 6) is 0. The third-order valence-corrected chi connectivity index (χ3v) is 10.1. The van der Waals surface area contributed by atoms with Gasteiger partial charge in [0, 0.05) is 44.2 Å². The van der Waals surface area contributed by atoms with Crippen LogP contribution in [0.5, 0.6) is 0 Å². The van der Waals surface area contributed by atoms with Crippen LogP contribution < -0.4 is 42.6 Å². The van der Waals surface area contributed by atoms with Crippen molar-refractivity contribution in [2.45, 2.75) is 0 Å². The number of anilines is 6. The Morgan fingerprint density at radius 3 is 1.19 bits per heavy atom. The highest BCUT2D eigenvalue weighted by molar-refractivity contribution is 6.98. The van der Waals surface area contributed by atoms with E-state index in [1.807, 2.05) is 12.1 Å². The molecule has 0 saturated heterocycles. The van der Waals surface area contributed by atoms with Gasteiger partial charge in [0.15, 0.2) is 0 Å². The van der Waals surface area contributed by atoms with Crippen LogP contribution in [0, 0.1) is 0 Å². The van der Waals surface area contributed by atoms with Crippen molar-refractivity contribution in [1.29, 1.82) is 0 Å². The molecule has 0 unspecified atom stereocenters. The van der Waals surface area contributed by atoms with Gasteiger partial charge in [0.05, 0.1) is 0 Å². The standard InChI is InChI=1S/C42H28B2Cl2N2/c45-31-22-24-37-41(26-31)47(39-20-9-7-18-35(39)43(37)29-12-3-1-4-13-29)33-16-11-17-34(28-33)48-40-21-10-8-19-36(40)44(30-14-5-2-6-15-30)38-25-23-32(46)27-42(38)48/h1-28H. The molecule has 2 aliphatic rings. The summed E-state index contributed by atoms with van der Waals surface area (Å²) in [6.07, 6.45) is 0. The van der Waals surface area contributed by atoms with Crippen LogP contribution in [0.4, 0.5) is 34.1 Å². The van der Waals surface area contributed by atoms with Crippen LogP contribution in [0.15, 0.2) is 170 Å². The Hall–Kier alpha value is -5.15. The second kappa shape index (κ2) is 11.8. The monoisotopic (exact) mass is 652 g/mol. The van der Waals surface area contributed by atoms with Gasteiger partial charge in [-0.2, -0.15) is 0 Å². The molecule has 48 heavy (non-hydrogen) atoms. The molecule has 7 aromatic carbocycles. The number of para-hydroxylation sites is 2. The molecule has 6 heteroatoms. The van der Waals surface area contributed by atoms with E-state index in [-0.39, 0.29) is 13.4 Å². The fraction of sp³-hybridized carbons (Fsp3) is 0. The van der Waals surface area contributed by atoms with E-state index in [2.05, 4.69) is 168 Å². The summed E-state index contributed by atoms with van der Waals surface area (Å²) in [6, 6.07) is 60.4. The summed E-state index contributed by atoms with van der Waals surface area (Å²) in [7, 11) is 0. The molecule has 7 aromatic rings. The van der Waals surface area contributed by atoms with Crippen LogP contribution in [0.3, 0.4) is 0 Å². The normalized spacial score (nSPS) is 13.0. The summed E-state index contributed by atoms with van der Waals surface area (Å²) in [5.41, 5.74) is 14.0. The number of benzene rings is 7. The van der Waals surface area contributed by atoms with Crippen molar-refractivity contribution in [3.63, 3.8) is 0 Å². The van der Waals surface area contributed by atoms with Crippen LogP contribution in [-0.2, 0) is 0 Å².